The number of carbonyl (C=O) groups is 1. The summed E-state index contributed by atoms with van der Waals surface area (Å²) in [6.45, 7) is 4.70. The van der Waals surface area contributed by atoms with Crippen molar-refractivity contribution >= 4 is 27.6 Å². The summed E-state index contributed by atoms with van der Waals surface area (Å²) in [7, 11) is 0. The summed E-state index contributed by atoms with van der Waals surface area (Å²) < 4.78 is 0.340. The molecule has 0 aliphatic heterocycles. The number of aromatic hydroxyl groups is 1. The summed E-state index contributed by atoms with van der Waals surface area (Å²) in [6.07, 6.45) is 0. The van der Waals surface area contributed by atoms with Gasteiger partial charge < -0.3 is 15.5 Å². The Morgan fingerprint density at radius 3 is 2.48 bits per heavy atom. The number of benzene rings is 3. The Bertz CT molecular complexity index is 1010. The normalized spacial score (nSPS) is 10.6. The molecule has 0 heterocycles. The van der Waals surface area contributed by atoms with Crippen LogP contribution in [0, 0.1) is 13.8 Å². The van der Waals surface area contributed by atoms with Crippen molar-refractivity contribution in [2.24, 2.45) is 0 Å². The summed E-state index contributed by atoms with van der Waals surface area (Å²) >= 11 is 3.21. The summed E-state index contributed by atoms with van der Waals surface area (Å²) in [4.78, 5) is 11.3. The van der Waals surface area contributed by atoms with Gasteiger partial charge in [0, 0.05) is 12.2 Å². The number of hydrogen-bond donors (Lipinski definition) is 3. The number of nitrogens with one attached hydrogen (secondary N) is 1. The van der Waals surface area contributed by atoms with Crippen molar-refractivity contribution in [3.05, 3.63) is 81.3 Å². The molecule has 3 aromatic rings. The lowest BCUT2D eigenvalue weighted by atomic mass is 9.95. The molecule has 0 amide bonds. The van der Waals surface area contributed by atoms with E-state index in [1.54, 1.807) is 6.07 Å². The van der Waals surface area contributed by atoms with Crippen molar-refractivity contribution < 1.29 is 15.0 Å². The SMILES string of the molecule is Cc1ccc(-c2ccccc2CNc2cc(Br)c(O)c(C(=O)O)c2)c(C)c1. The number of aryl methyl sites for hydroxylation is 2. The molecule has 0 bridgehead atoms. The lowest BCUT2D eigenvalue weighted by Crippen LogP contribution is -2.04. The van der Waals surface area contributed by atoms with Crippen molar-refractivity contribution in [1.82, 2.24) is 0 Å². The van der Waals surface area contributed by atoms with Gasteiger partial charge in [0.15, 0.2) is 0 Å². The third kappa shape index (κ3) is 4.14. The molecule has 0 unspecified atom stereocenters. The number of anilines is 1. The maximum atomic E-state index is 11.3. The lowest BCUT2D eigenvalue weighted by molar-refractivity contribution is 0.0693. The first kappa shape index (κ1) is 19.0. The molecule has 3 aromatic carbocycles. The van der Waals surface area contributed by atoms with Gasteiger partial charge in [0.1, 0.15) is 11.3 Å². The molecule has 27 heavy (non-hydrogen) atoms. The molecule has 0 aliphatic carbocycles. The van der Waals surface area contributed by atoms with Crippen LogP contribution in [0.2, 0.25) is 0 Å². The minimum atomic E-state index is -1.17. The fourth-order valence-electron chi connectivity index (χ4n) is 3.11. The molecule has 0 radical (unpaired) electrons. The van der Waals surface area contributed by atoms with Crippen LogP contribution in [-0.4, -0.2) is 16.2 Å². The fourth-order valence-corrected chi connectivity index (χ4v) is 3.57. The monoisotopic (exact) mass is 425 g/mol. The Kier molecular flexibility index (Phi) is 5.51. The van der Waals surface area contributed by atoms with Gasteiger partial charge in [-0.1, -0.05) is 48.0 Å². The number of aromatic carboxylic acids is 1. The summed E-state index contributed by atoms with van der Waals surface area (Å²) in [5, 5.41) is 22.4. The van der Waals surface area contributed by atoms with Gasteiger partial charge in [0.25, 0.3) is 0 Å². The average Bonchev–Trinajstić information content (AvgIpc) is 2.63. The summed E-state index contributed by atoms with van der Waals surface area (Å²) in [5.41, 5.74) is 6.33. The van der Waals surface area contributed by atoms with E-state index in [1.165, 1.54) is 22.8 Å². The highest BCUT2D eigenvalue weighted by Crippen LogP contribution is 2.33. The predicted octanol–water partition coefficient (Wildman–Crippen LogP) is 5.75. The zero-order valence-corrected chi connectivity index (χ0v) is 16.7. The Morgan fingerprint density at radius 1 is 1.04 bits per heavy atom. The van der Waals surface area contributed by atoms with Gasteiger partial charge in [-0.25, -0.2) is 4.79 Å². The first-order valence-electron chi connectivity index (χ1n) is 8.52. The first-order chi connectivity index (χ1) is 12.9. The minimum Gasteiger partial charge on any atom is -0.506 e. The van der Waals surface area contributed by atoms with E-state index >= 15 is 0 Å². The van der Waals surface area contributed by atoms with E-state index in [9.17, 15) is 15.0 Å². The van der Waals surface area contributed by atoms with Crippen molar-refractivity contribution in [1.29, 1.82) is 0 Å². The van der Waals surface area contributed by atoms with Gasteiger partial charge in [0.2, 0.25) is 0 Å². The van der Waals surface area contributed by atoms with E-state index in [4.69, 9.17) is 0 Å². The highest BCUT2D eigenvalue weighted by molar-refractivity contribution is 9.10. The predicted molar refractivity (Wildman–Crippen MR) is 111 cm³/mol. The molecule has 0 aliphatic rings. The van der Waals surface area contributed by atoms with Crippen LogP contribution in [0.5, 0.6) is 5.75 Å². The Morgan fingerprint density at radius 2 is 1.78 bits per heavy atom. The molecule has 138 valence electrons. The Balaban J connectivity index is 1.91. The van der Waals surface area contributed by atoms with Gasteiger partial charge >= 0.3 is 5.97 Å². The zero-order valence-electron chi connectivity index (χ0n) is 15.1. The second-order valence-corrected chi connectivity index (χ2v) is 7.34. The van der Waals surface area contributed by atoms with Crippen LogP contribution in [0.15, 0.2) is 59.1 Å². The molecule has 0 saturated heterocycles. The third-order valence-electron chi connectivity index (χ3n) is 4.47. The number of carboxylic acid groups (broad SMARTS) is 1. The fraction of sp³-hybridized carbons (Fsp3) is 0.136. The van der Waals surface area contributed by atoms with Gasteiger partial charge in [-0.3, -0.25) is 0 Å². The standard InChI is InChI=1S/C22H20BrNO3/c1-13-7-8-17(14(2)9-13)18-6-4-3-5-15(18)12-24-16-10-19(22(26)27)21(25)20(23)11-16/h3-11,24-25H,12H2,1-2H3,(H,26,27). The van der Waals surface area contributed by atoms with Gasteiger partial charge in [0.05, 0.1) is 4.47 Å². The van der Waals surface area contributed by atoms with Crippen molar-refractivity contribution in [2.75, 3.05) is 5.32 Å². The van der Waals surface area contributed by atoms with Crippen molar-refractivity contribution in [2.45, 2.75) is 20.4 Å². The molecule has 3 N–H and O–H groups in total. The van der Waals surface area contributed by atoms with Crippen LogP contribution < -0.4 is 5.32 Å². The maximum Gasteiger partial charge on any atom is 0.339 e. The van der Waals surface area contributed by atoms with Crippen LogP contribution in [0.1, 0.15) is 27.0 Å². The quantitative estimate of drug-likeness (QED) is 0.455. The number of phenols is 1. The number of halogens is 1. The van der Waals surface area contributed by atoms with E-state index in [-0.39, 0.29) is 11.3 Å². The van der Waals surface area contributed by atoms with E-state index in [0.717, 1.165) is 11.1 Å². The molecule has 5 heteroatoms. The van der Waals surface area contributed by atoms with Gasteiger partial charge in [-0.15, -0.1) is 0 Å². The molecule has 0 saturated carbocycles. The van der Waals surface area contributed by atoms with Crippen LogP contribution >= 0.6 is 15.9 Å². The second kappa shape index (κ2) is 7.84. The lowest BCUT2D eigenvalue weighted by Gasteiger charge is -2.15. The first-order valence-corrected chi connectivity index (χ1v) is 9.31. The minimum absolute atomic E-state index is 0.144. The number of hydrogen-bond acceptors (Lipinski definition) is 3. The third-order valence-corrected chi connectivity index (χ3v) is 5.07. The topological polar surface area (TPSA) is 69.6 Å². The number of rotatable bonds is 5. The van der Waals surface area contributed by atoms with Gasteiger partial charge in [-0.2, -0.15) is 0 Å². The van der Waals surface area contributed by atoms with Crippen molar-refractivity contribution in [3.8, 4) is 16.9 Å². The Labute approximate surface area is 166 Å². The van der Waals surface area contributed by atoms with Crippen LogP contribution in [0.4, 0.5) is 5.69 Å². The number of carboxylic acids is 1. The summed E-state index contributed by atoms with van der Waals surface area (Å²) in [6, 6.07) is 17.6. The molecule has 0 fully saturated rings. The average molecular weight is 426 g/mol. The highest BCUT2D eigenvalue weighted by atomic mass is 79.9. The molecular weight excluding hydrogens is 406 g/mol. The van der Waals surface area contributed by atoms with E-state index in [2.05, 4.69) is 65.4 Å². The molecule has 0 spiro atoms. The molecule has 0 atom stereocenters. The molecule has 4 nitrogen and oxygen atoms in total. The van der Waals surface area contributed by atoms with E-state index in [0.29, 0.717) is 16.7 Å². The van der Waals surface area contributed by atoms with Crippen LogP contribution in [-0.2, 0) is 6.54 Å². The Hall–Kier alpha value is -2.79. The zero-order chi connectivity index (χ0) is 19.6. The maximum absolute atomic E-state index is 11.3. The van der Waals surface area contributed by atoms with Crippen LogP contribution in [0.3, 0.4) is 0 Å². The smallest absolute Gasteiger partial charge is 0.339 e. The molecule has 3 rings (SSSR count). The largest absolute Gasteiger partial charge is 0.506 e. The van der Waals surface area contributed by atoms with Gasteiger partial charge in [-0.05, 0) is 64.2 Å². The van der Waals surface area contributed by atoms with Crippen molar-refractivity contribution in [3.63, 3.8) is 0 Å². The molecular formula is C22H20BrNO3. The highest BCUT2D eigenvalue weighted by Gasteiger charge is 2.15. The van der Waals surface area contributed by atoms with Crippen LogP contribution in [0.25, 0.3) is 11.1 Å². The summed E-state index contributed by atoms with van der Waals surface area (Å²) in [5.74, 6) is -1.45. The molecule has 0 aromatic heterocycles. The van der Waals surface area contributed by atoms with E-state index < -0.39 is 5.97 Å². The van der Waals surface area contributed by atoms with E-state index in [1.807, 2.05) is 12.1 Å². The second-order valence-electron chi connectivity index (χ2n) is 6.49.